The SMILES string of the molecule is CC1(C(N)=O)C=CC=CC1F. The van der Waals surface area contributed by atoms with Crippen LogP contribution in [0, 0.1) is 5.41 Å². The van der Waals surface area contributed by atoms with Gasteiger partial charge in [0.05, 0.1) is 5.41 Å². The van der Waals surface area contributed by atoms with Crippen LogP contribution in [-0.4, -0.2) is 12.1 Å². The van der Waals surface area contributed by atoms with E-state index in [0.717, 1.165) is 0 Å². The fourth-order valence-corrected chi connectivity index (χ4v) is 0.927. The second-order valence-corrected chi connectivity index (χ2v) is 2.79. The standard InChI is InChI=1S/C8H10FNO/c1-8(7(10)11)5-3-2-4-6(8)9/h2-6H,1H3,(H2,10,11). The predicted molar refractivity (Wildman–Crippen MR) is 40.5 cm³/mol. The Kier molecular flexibility index (Phi) is 1.81. The first-order valence-corrected chi connectivity index (χ1v) is 3.37. The first-order valence-electron chi connectivity index (χ1n) is 3.37. The molecular formula is C8H10FNO. The Balaban J connectivity index is 2.94. The molecule has 0 aromatic rings. The largest absolute Gasteiger partial charge is 0.369 e. The Morgan fingerprint density at radius 1 is 1.64 bits per heavy atom. The summed E-state index contributed by atoms with van der Waals surface area (Å²) in [7, 11) is 0. The average molecular weight is 155 g/mol. The molecule has 60 valence electrons. The van der Waals surface area contributed by atoms with Gasteiger partial charge >= 0.3 is 0 Å². The number of amides is 1. The number of alkyl halides is 1. The van der Waals surface area contributed by atoms with Crippen molar-refractivity contribution >= 4 is 5.91 Å². The van der Waals surface area contributed by atoms with Gasteiger partial charge in [0.15, 0.2) is 0 Å². The van der Waals surface area contributed by atoms with Crippen molar-refractivity contribution in [2.24, 2.45) is 11.1 Å². The lowest BCUT2D eigenvalue weighted by Crippen LogP contribution is -2.40. The highest BCUT2D eigenvalue weighted by Gasteiger charge is 2.37. The Labute approximate surface area is 64.6 Å². The van der Waals surface area contributed by atoms with Gasteiger partial charge in [-0.25, -0.2) is 4.39 Å². The smallest absolute Gasteiger partial charge is 0.230 e. The molecule has 0 spiro atoms. The van der Waals surface area contributed by atoms with Crippen LogP contribution in [0.25, 0.3) is 0 Å². The number of hydrogen-bond donors (Lipinski definition) is 1. The predicted octanol–water partition coefficient (Wildman–Crippen LogP) is 0.942. The van der Waals surface area contributed by atoms with Gasteiger partial charge in [-0.1, -0.05) is 18.2 Å². The average Bonchev–Trinajstić information content (AvgIpc) is 1.95. The van der Waals surface area contributed by atoms with Gasteiger partial charge in [-0.05, 0) is 13.0 Å². The van der Waals surface area contributed by atoms with Crippen LogP contribution in [0.4, 0.5) is 4.39 Å². The van der Waals surface area contributed by atoms with Crippen LogP contribution < -0.4 is 5.73 Å². The summed E-state index contributed by atoms with van der Waals surface area (Å²) in [4.78, 5) is 10.8. The highest BCUT2D eigenvalue weighted by atomic mass is 19.1. The molecule has 2 unspecified atom stereocenters. The summed E-state index contributed by atoms with van der Waals surface area (Å²) < 4.78 is 13.0. The molecule has 0 aliphatic heterocycles. The molecule has 0 saturated carbocycles. The van der Waals surface area contributed by atoms with Gasteiger partial charge in [-0.15, -0.1) is 0 Å². The van der Waals surface area contributed by atoms with Crippen molar-refractivity contribution in [3.8, 4) is 0 Å². The molecule has 1 rings (SSSR count). The van der Waals surface area contributed by atoms with Crippen LogP contribution in [0.2, 0.25) is 0 Å². The van der Waals surface area contributed by atoms with Crippen molar-refractivity contribution < 1.29 is 9.18 Å². The molecule has 0 saturated heterocycles. The number of primary amides is 1. The maximum atomic E-state index is 13.0. The molecule has 3 heteroatoms. The summed E-state index contributed by atoms with van der Waals surface area (Å²) in [6.45, 7) is 1.49. The number of carbonyl (C=O) groups excluding carboxylic acids is 1. The van der Waals surface area contributed by atoms with Crippen LogP contribution in [0.3, 0.4) is 0 Å². The molecule has 0 heterocycles. The second kappa shape index (κ2) is 2.49. The molecule has 2 N–H and O–H groups in total. The molecule has 0 bridgehead atoms. The zero-order valence-electron chi connectivity index (χ0n) is 6.25. The molecule has 0 aromatic heterocycles. The Morgan fingerprint density at radius 2 is 2.27 bits per heavy atom. The van der Waals surface area contributed by atoms with Crippen molar-refractivity contribution in [1.82, 2.24) is 0 Å². The van der Waals surface area contributed by atoms with Gasteiger partial charge in [-0.2, -0.15) is 0 Å². The third kappa shape index (κ3) is 1.18. The monoisotopic (exact) mass is 155 g/mol. The van der Waals surface area contributed by atoms with Crippen LogP contribution in [0.1, 0.15) is 6.92 Å². The normalized spacial score (nSPS) is 35.6. The van der Waals surface area contributed by atoms with E-state index in [1.165, 1.54) is 19.1 Å². The molecule has 11 heavy (non-hydrogen) atoms. The van der Waals surface area contributed by atoms with E-state index < -0.39 is 17.5 Å². The topological polar surface area (TPSA) is 43.1 Å². The van der Waals surface area contributed by atoms with Crippen LogP contribution in [0.15, 0.2) is 24.3 Å². The minimum absolute atomic E-state index is 0.634. The van der Waals surface area contributed by atoms with Gasteiger partial charge in [0, 0.05) is 0 Å². The highest BCUT2D eigenvalue weighted by Crippen LogP contribution is 2.29. The lowest BCUT2D eigenvalue weighted by atomic mass is 9.81. The van der Waals surface area contributed by atoms with E-state index in [-0.39, 0.29) is 0 Å². The van der Waals surface area contributed by atoms with Gasteiger partial charge in [0.25, 0.3) is 0 Å². The third-order valence-corrected chi connectivity index (χ3v) is 1.94. The van der Waals surface area contributed by atoms with E-state index in [9.17, 15) is 9.18 Å². The number of carbonyl (C=O) groups is 1. The molecule has 0 aromatic carbocycles. The molecule has 0 radical (unpaired) electrons. The number of nitrogens with two attached hydrogens (primary N) is 1. The first-order chi connectivity index (χ1) is 5.07. The minimum atomic E-state index is -1.30. The summed E-state index contributed by atoms with van der Waals surface area (Å²) in [5.74, 6) is -0.634. The van der Waals surface area contributed by atoms with Crippen molar-refractivity contribution in [3.63, 3.8) is 0 Å². The molecule has 2 atom stereocenters. The maximum absolute atomic E-state index is 13.0. The molecular weight excluding hydrogens is 145 g/mol. The summed E-state index contributed by atoms with van der Waals surface area (Å²) in [6.07, 6.45) is 4.70. The van der Waals surface area contributed by atoms with Crippen LogP contribution >= 0.6 is 0 Å². The number of rotatable bonds is 1. The van der Waals surface area contributed by atoms with Gasteiger partial charge in [0.2, 0.25) is 5.91 Å². The summed E-state index contributed by atoms with van der Waals surface area (Å²) >= 11 is 0. The Bertz CT molecular complexity index is 234. The van der Waals surface area contributed by atoms with E-state index in [4.69, 9.17) is 5.73 Å². The molecule has 0 fully saturated rings. The lowest BCUT2D eigenvalue weighted by molar-refractivity contribution is -0.126. The molecule has 1 aliphatic carbocycles. The Hall–Kier alpha value is -1.12. The fourth-order valence-electron chi connectivity index (χ4n) is 0.927. The first kappa shape index (κ1) is 7.98. The number of allylic oxidation sites excluding steroid dienone is 3. The minimum Gasteiger partial charge on any atom is -0.369 e. The fraction of sp³-hybridized carbons (Fsp3) is 0.375. The second-order valence-electron chi connectivity index (χ2n) is 2.79. The van der Waals surface area contributed by atoms with Crippen molar-refractivity contribution in [2.45, 2.75) is 13.1 Å². The van der Waals surface area contributed by atoms with Crippen molar-refractivity contribution in [1.29, 1.82) is 0 Å². The quantitative estimate of drug-likeness (QED) is 0.601. The van der Waals surface area contributed by atoms with Gasteiger partial charge in [0.1, 0.15) is 6.17 Å². The molecule has 2 nitrogen and oxygen atoms in total. The van der Waals surface area contributed by atoms with Crippen LogP contribution in [-0.2, 0) is 4.79 Å². The number of hydrogen-bond acceptors (Lipinski definition) is 1. The van der Waals surface area contributed by atoms with E-state index in [0.29, 0.717) is 0 Å². The molecule has 1 amide bonds. The zero-order chi connectivity index (χ0) is 8.48. The summed E-state index contributed by atoms with van der Waals surface area (Å²) in [5.41, 5.74) is 3.87. The zero-order valence-corrected chi connectivity index (χ0v) is 6.25. The summed E-state index contributed by atoms with van der Waals surface area (Å²) in [6, 6.07) is 0. The van der Waals surface area contributed by atoms with E-state index in [2.05, 4.69) is 0 Å². The van der Waals surface area contributed by atoms with Crippen LogP contribution in [0.5, 0.6) is 0 Å². The van der Waals surface area contributed by atoms with E-state index >= 15 is 0 Å². The van der Waals surface area contributed by atoms with E-state index in [1.54, 1.807) is 12.2 Å². The van der Waals surface area contributed by atoms with Crippen molar-refractivity contribution in [3.05, 3.63) is 24.3 Å². The lowest BCUT2D eigenvalue weighted by Gasteiger charge is -2.25. The van der Waals surface area contributed by atoms with Gasteiger partial charge in [-0.3, -0.25) is 4.79 Å². The van der Waals surface area contributed by atoms with Crippen molar-refractivity contribution in [2.75, 3.05) is 0 Å². The van der Waals surface area contributed by atoms with Gasteiger partial charge < -0.3 is 5.73 Å². The highest BCUT2D eigenvalue weighted by molar-refractivity contribution is 5.84. The number of halogens is 1. The third-order valence-electron chi connectivity index (χ3n) is 1.94. The van der Waals surface area contributed by atoms with E-state index in [1.807, 2.05) is 0 Å². The summed E-state index contributed by atoms with van der Waals surface area (Å²) in [5, 5.41) is 0. The maximum Gasteiger partial charge on any atom is 0.230 e. The Morgan fingerprint density at radius 3 is 2.64 bits per heavy atom. The molecule has 1 aliphatic rings.